The number of carbonyl (C=O) groups excluding carboxylic acids is 1. The number of aliphatic carboxylic acids is 1. The highest BCUT2D eigenvalue weighted by Gasteiger charge is 2.31. The van der Waals surface area contributed by atoms with Crippen molar-refractivity contribution in [1.29, 1.82) is 0 Å². The van der Waals surface area contributed by atoms with E-state index < -0.39 is 17.7 Å². The smallest absolute Gasteiger partial charge is 0.416 e. The molecule has 0 unspecified atom stereocenters. The molecule has 172 valence electrons. The van der Waals surface area contributed by atoms with E-state index in [4.69, 9.17) is 9.84 Å². The van der Waals surface area contributed by atoms with Crippen molar-refractivity contribution in [1.82, 2.24) is 4.90 Å². The third-order valence-corrected chi connectivity index (χ3v) is 4.92. The molecule has 0 aliphatic heterocycles. The first-order chi connectivity index (χ1) is 15.7. The van der Waals surface area contributed by atoms with Gasteiger partial charge in [0.2, 0.25) is 0 Å². The second-order valence-corrected chi connectivity index (χ2v) is 7.33. The highest BCUT2D eigenvalue weighted by Crippen LogP contribution is 2.35. The molecule has 3 aromatic rings. The number of amides is 1. The van der Waals surface area contributed by atoms with Crippen molar-refractivity contribution in [2.75, 3.05) is 6.54 Å². The predicted octanol–water partition coefficient (Wildman–Crippen LogP) is 5.79. The Kier molecular flexibility index (Phi) is 7.37. The largest absolute Gasteiger partial charge is 0.481 e. The summed E-state index contributed by atoms with van der Waals surface area (Å²) in [5.41, 5.74) is 0.241. The Bertz CT molecular complexity index is 1130. The minimum Gasteiger partial charge on any atom is -0.481 e. The molecule has 33 heavy (non-hydrogen) atoms. The van der Waals surface area contributed by atoms with E-state index in [2.05, 4.69) is 0 Å². The number of carbonyl (C=O) groups is 2. The molecule has 0 radical (unpaired) electrons. The number of hydrogen-bond donors (Lipinski definition) is 1. The monoisotopic (exact) mass is 457 g/mol. The molecular weight excluding hydrogens is 435 g/mol. The van der Waals surface area contributed by atoms with Gasteiger partial charge >= 0.3 is 12.1 Å². The van der Waals surface area contributed by atoms with Gasteiger partial charge in [-0.2, -0.15) is 13.2 Å². The minimum absolute atomic E-state index is 0.0989. The van der Waals surface area contributed by atoms with Gasteiger partial charge in [0, 0.05) is 24.2 Å². The van der Waals surface area contributed by atoms with Gasteiger partial charge in [-0.15, -0.1) is 0 Å². The molecule has 0 heterocycles. The maximum absolute atomic E-state index is 13.4. The van der Waals surface area contributed by atoms with Gasteiger partial charge in [-0.05, 0) is 55.0 Å². The van der Waals surface area contributed by atoms with E-state index in [0.29, 0.717) is 11.1 Å². The summed E-state index contributed by atoms with van der Waals surface area (Å²) >= 11 is 0. The summed E-state index contributed by atoms with van der Waals surface area (Å²) in [7, 11) is 0. The van der Waals surface area contributed by atoms with Crippen molar-refractivity contribution in [3.05, 3.63) is 95.1 Å². The van der Waals surface area contributed by atoms with Crippen molar-refractivity contribution in [2.24, 2.45) is 0 Å². The van der Waals surface area contributed by atoms with Crippen LogP contribution in [0.15, 0.2) is 72.8 Å². The normalized spacial score (nSPS) is 11.2. The first kappa shape index (κ1) is 23.8. The number of rotatable bonds is 8. The molecule has 0 saturated heterocycles. The van der Waals surface area contributed by atoms with E-state index in [1.807, 2.05) is 0 Å². The quantitative estimate of drug-likeness (QED) is 0.465. The third-order valence-electron chi connectivity index (χ3n) is 4.92. The minimum atomic E-state index is -4.56. The topological polar surface area (TPSA) is 66.8 Å². The van der Waals surface area contributed by atoms with Crippen LogP contribution in [0.4, 0.5) is 13.2 Å². The number of carboxylic acid groups (broad SMARTS) is 1. The zero-order valence-electron chi connectivity index (χ0n) is 17.8. The second-order valence-electron chi connectivity index (χ2n) is 7.33. The van der Waals surface area contributed by atoms with Crippen LogP contribution >= 0.6 is 0 Å². The van der Waals surface area contributed by atoms with Gasteiger partial charge in [-0.25, -0.2) is 0 Å². The fourth-order valence-corrected chi connectivity index (χ4v) is 3.30. The Hall–Kier alpha value is -3.81. The van der Waals surface area contributed by atoms with Crippen molar-refractivity contribution in [3.63, 3.8) is 0 Å². The van der Waals surface area contributed by atoms with E-state index in [1.54, 1.807) is 55.5 Å². The lowest BCUT2D eigenvalue weighted by atomic mass is 10.1. The maximum Gasteiger partial charge on any atom is 0.416 e. The Morgan fingerprint density at radius 2 is 1.70 bits per heavy atom. The molecular formula is C25H22F3NO4. The van der Waals surface area contributed by atoms with Gasteiger partial charge in [0.25, 0.3) is 5.91 Å². The lowest BCUT2D eigenvalue weighted by Gasteiger charge is -2.23. The zero-order valence-corrected chi connectivity index (χ0v) is 17.8. The second kappa shape index (κ2) is 10.2. The van der Waals surface area contributed by atoms with Gasteiger partial charge in [0.15, 0.2) is 0 Å². The molecule has 3 aromatic carbocycles. The van der Waals surface area contributed by atoms with Crippen molar-refractivity contribution < 1.29 is 32.6 Å². The Morgan fingerprint density at radius 3 is 2.33 bits per heavy atom. The lowest BCUT2D eigenvalue weighted by molar-refractivity contribution is -0.138. The van der Waals surface area contributed by atoms with E-state index in [1.165, 1.54) is 17.0 Å². The fourth-order valence-electron chi connectivity index (χ4n) is 3.30. The van der Waals surface area contributed by atoms with Crippen LogP contribution in [0, 0.1) is 0 Å². The van der Waals surface area contributed by atoms with E-state index >= 15 is 0 Å². The standard InChI is InChI=1S/C25H22F3NO4/c1-2-29(24(32)18-8-4-3-5-9-18)16-19-15-20(25(26,27)28)11-12-22(19)33-21-10-6-7-17(13-21)14-23(30)31/h3-13,15H,2,14,16H2,1H3,(H,30,31). The average molecular weight is 457 g/mol. The molecule has 3 rings (SSSR count). The van der Waals surface area contributed by atoms with Crippen LogP contribution in [0.5, 0.6) is 11.5 Å². The average Bonchev–Trinajstić information content (AvgIpc) is 2.77. The first-order valence-electron chi connectivity index (χ1n) is 10.2. The molecule has 8 heteroatoms. The van der Waals surface area contributed by atoms with E-state index in [9.17, 15) is 22.8 Å². The van der Waals surface area contributed by atoms with Crippen molar-refractivity contribution in [3.8, 4) is 11.5 Å². The summed E-state index contributed by atoms with van der Waals surface area (Å²) in [6.07, 6.45) is -4.78. The van der Waals surface area contributed by atoms with E-state index in [0.717, 1.165) is 12.1 Å². The van der Waals surface area contributed by atoms with Gasteiger partial charge in [-0.3, -0.25) is 9.59 Å². The summed E-state index contributed by atoms with van der Waals surface area (Å²) in [6.45, 7) is 1.92. The maximum atomic E-state index is 13.4. The van der Waals surface area contributed by atoms with Gasteiger partial charge in [0.1, 0.15) is 11.5 Å². The molecule has 0 aliphatic carbocycles. The molecule has 5 nitrogen and oxygen atoms in total. The fraction of sp³-hybridized carbons (Fsp3) is 0.200. The van der Waals surface area contributed by atoms with Crippen molar-refractivity contribution >= 4 is 11.9 Å². The summed E-state index contributed by atoms with van der Waals surface area (Å²) in [6, 6.07) is 17.9. The Morgan fingerprint density at radius 1 is 0.970 bits per heavy atom. The van der Waals surface area contributed by atoms with E-state index in [-0.39, 0.29) is 42.5 Å². The number of hydrogen-bond acceptors (Lipinski definition) is 3. The molecule has 0 spiro atoms. The third kappa shape index (κ3) is 6.35. The van der Waals surface area contributed by atoms with Crippen LogP contribution in [0.3, 0.4) is 0 Å². The number of benzene rings is 3. The van der Waals surface area contributed by atoms with Crippen LogP contribution in [-0.4, -0.2) is 28.4 Å². The van der Waals surface area contributed by atoms with Crippen LogP contribution in [0.1, 0.15) is 34.0 Å². The Balaban J connectivity index is 1.94. The number of nitrogens with zero attached hydrogens (tertiary/aromatic N) is 1. The molecule has 0 aromatic heterocycles. The molecule has 0 bridgehead atoms. The predicted molar refractivity (Wildman–Crippen MR) is 116 cm³/mol. The molecule has 0 fully saturated rings. The summed E-state index contributed by atoms with van der Waals surface area (Å²) < 4.78 is 45.9. The van der Waals surface area contributed by atoms with Gasteiger partial charge in [-0.1, -0.05) is 30.3 Å². The summed E-state index contributed by atoms with van der Waals surface area (Å²) in [4.78, 5) is 25.3. The van der Waals surface area contributed by atoms with Crippen LogP contribution < -0.4 is 4.74 Å². The molecule has 0 aliphatic rings. The highest BCUT2D eigenvalue weighted by atomic mass is 19.4. The van der Waals surface area contributed by atoms with Crippen molar-refractivity contribution in [2.45, 2.75) is 26.1 Å². The zero-order chi connectivity index (χ0) is 24.0. The highest BCUT2D eigenvalue weighted by molar-refractivity contribution is 5.94. The van der Waals surface area contributed by atoms with Crippen LogP contribution in [0.2, 0.25) is 0 Å². The first-order valence-corrected chi connectivity index (χ1v) is 10.2. The molecule has 0 saturated carbocycles. The number of alkyl halides is 3. The number of ether oxygens (including phenoxy) is 1. The summed E-state index contributed by atoms with van der Waals surface area (Å²) in [5.74, 6) is -0.896. The van der Waals surface area contributed by atoms with Gasteiger partial charge < -0.3 is 14.7 Å². The SMILES string of the molecule is CCN(Cc1cc(C(F)(F)F)ccc1Oc1cccc(CC(=O)O)c1)C(=O)c1ccccc1. The summed E-state index contributed by atoms with van der Waals surface area (Å²) in [5, 5.41) is 8.99. The van der Waals surface area contributed by atoms with Gasteiger partial charge in [0.05, 0.1) is 12.0 Å². The Labute approximate surface area is 189 Å². The number of carboxylic acids is 1. The van der Waals surface area contributed by atoms with Crippen LogP contribution in [-0.2, 0) is 23.9 Å². The number of halogens is 3. The molecule has 1 amide bonds. The van der Waals surface area contributed by atoms with Crippen LogP contribution in [0.25, 0.3) is 0 Å². The molecule has 1 N–H and O–H groups in total. The lowest BCUT2D eigenvalue weighted by Crippen LogP contribution is -2.30. The molecule has 0 atom stereocenters.